The Balaban J connectivity index is 1.19. The quantitative estimate of drug-likeness (QED) is 0.250. The lowest BCUT2D eigenvalue weighted by Crippen LogP contribution is -2.78. The smallest absolute Gasteiger partial charge is 0.269 e. The number of carbonyl (C=O) groups excluding carboxylic acids is 2. The van der Waals surface area contributed by atoms with E-state index in [1.54, 1.807) is 17.2 Å². The van der Waals surface area contributed by atoms with E-state index in [9.17, 15) is 14.7 Å². The van der Waals surface area contributed by atoms with Crippen LogP contribution < -0.4 is 26.6 Å². The number of amides is 2. The van der Waals surface area contributed by atoms with Gasteiger partial charge in [0.15, 0.2) is 17.6 Å². The maximum absolute atomic E-state index is 13.5. The molecule has 1 aromatic heterocycles. The molecule has 4 heterocycles. The van der Waals surface area contributed by atoms with E-state index in [0.29, 0.717) is 11.5 Å². The predicted octanol–water partition coefficient (Wildman–Crippen LogP) is 0.388. The molecule has 2 aromatic rings. The van der Waals surface area contributed by atoms with Crippen molar-refractivity contribution in [3.8, 4) is 0 Å². The highest BCUT2D eigenvalue weighted by Crippen LogP contribution is 2.37. The lowest BCUT2D eigenvalue weighted by atomic mass is 9.86. The standard InChI is InChI=1S/C29H37N9O3/c1-15(2)17-10-11-20(32-12-17)26(41)33-13-21-23-29(37-27(30)36-23)24(39)22(14-38(29)28(31)35-21)34-25(40)19-9-5-7-16-6-3-4-8-18(16)19/h5,7,9-12,15,21-24,39H,3-4,6,8,13-14H2,1-2H3,(H2,31,35)(H,33,41)(H,34,40)(H3,30,36,37)/t21-,22?,23-,24+,29?/m0/s1. The van der Waals surface area contributed by atoms with Crippen LogP contribution in [0.2, 0.25) is 0 Å². The molecule has 3 fully saturated rings. The number of nitrogens with zero attached hydrogens (tertiary/aromatic N) is 2. The minimum Gasteiger partial charge on any atom is -0.386 e. The third-order valence-corrected chi connectivity index (χ3v) is 8.88. The molecule has 216 valence electrons. The Hall–Kier alpha value is -4.19. The fourth-order valence-corrected chi connectivity index (χ4v) is 6.72. The zero-order valence-corrected chi connectivity index (χ0v) is 23.3. The average molecular weight is 560 g/mol. The third-order valence-electron chi connectivity index (χ3n) is 8.88. The monoisotopic (exact) mass is 559 g/mol. The summed E-state index contributed by atoms with van der Waals surface area (Å²) in [5, 5.41) is 43.9. The molecule has 3 aliphatic heterocycles. The number of nitrogens with one attached hydrogen (secondary N) is 7. The molecule has 6 rings (SSSR count). The van der Waals surface area contributed by atoms with Gasteiger partial charge in [-0.25, -0.2) is 0 Å². The Morgan fingerprint density at radius 2 is 1.95 bits per heavy atom. The van der Waals surface area contributed by atoms with Crippen LogP contribution in [0.5, 0.6) is 0 Å². The predicted molar refractivity (Wildman–Crippen MR) is 153 cm³/mol. The van der Waals surface area contributed by atoms with Crippen LogP contribution in [0.4, 0.5) is 0 Å². The van der Waals surface area contributed by atoms with Crippen molar-refractivity contribution in [3.63, 3.8) is 0 Å². The summed E-state index contributed by atoms with van der Waals surface area (Å²) in [7, 11) is 0. The molecule has 0 saturated carbocycles. The van der Waals surface area contributed by atoms with Crippen molar-refractivity contribution < 1.29 is 14.7 Å². The van der Waals surface area contributed by atoms with Crippen molar-refractivity contribution in [2.75, 3.05) is 13.1 Å². The normalized spacial score (nSPS) is 28.1. The van der Waals surface area contributed by atoms with E-state index in [0.717, 1.165) is 36.8 Å². The highest BCUT2D eigenvalue weighted by atomic mass is 16.3. The first-order valence-corrected chi connectivity index (χ1v) is 14.3. The molecule has 1 aliphatic carbocycles. The van der Waals surface area contributed by atoms with E-state index in [1.165, 1.54) is 5.56 Å². The van der Waals surface area contributed by atoms with Gasteiger partial charge in [-0.3, -0.25) is 25.4 Å². The van der Waals surface area contributed by atoms with Crippen LogP contribution in [-0.4, -0.2) is 81.7 Å². The number of fused-ring (bicyclic) bond motifs is 1. The summed E-state index contributed by atoms with van der Waals surface area (Å²) in [6, 6.07) is 7.57. The molecule has 4 aliphatic rings. The van der Waals surface area contributed by atoms with Crippen molar-refractivity contribution in [3.05, 3.63) is 64.5 Å². The Bertz CT molecular complexity index is 1390. The summed E-state index contributed by atoms with van der Waals surface area (Å²) >= 11 is 0. The number of hydrogen-bond donors (Lipinski definition) is 8. The molecule has 2 unspecified atom stereocenters. The van der Waals surface area contributed by atoms with Gasteiger partial charge in [0, 0.05) is 24.8 Å². The highest BCUT2D eigenvalue weighted by Gasteiger charge is 2.66. The third kappa shape index (κ3) is 4.55. The molecule has 8 N–H and O–H groups in total. The van der Waals surface area contributed by atoms with E-state index in [1.807, 2.05) is 18.2 Å². The number of carbonyl (C=O) groups is 2. The van der Waals surface area contributed by atoms with E-state index in [2.05, 4.69) is 51.5 Å². The number of benzene rings is 1. The highest BCUT2D eigenvalue weighted by molar-refractivity contribution is 5.97. The summed E-state index contributed by atoms with van der Waals surface area (Å²) in [6.07, 6.45) is 4.52. The first kappa shape index (κ1) is 27.0. The number of aromatic nitrogens is 1. The number of hydrogen-bond acceptors (Lipinski definition) is 6. The van der Waals surface area contributed by atoms with E-state index >= 15 is 0 Å². The minimum atomic E-state index is -1.25. The SMILES string of the molecule is CC(C)c1ccc(C(=O)NC[C@@H]2NC(=N)N3CC(NC(=O)c4cccc5c4CCCC5)[C@@H](O)C34NC(=N)N[C@@H]24)nc1. The Kier molecular flexibility index (Phi) is 6.80. The second-order valence-electron chi connectivity index (χ2n) is 11.7. The lowest BCUT2D eigenvalue weighted by Gasteiger charge is -2.49. The van der Waals surface area contributed by atoms with Crippen molar-refractivity contribution >= 4 is 23.7 Å². The van der Waals surface area contributed by atoms with Gasteiger partial charge in [-0.15, -0.1) is 0 Å². The number of aliphatic hydroxyl groups is 1. The van der Waals surface area contributed by atoms with Crippen LogP contribution in [0.25, 0.3) is 0 Å². The molecule has 0 radical (unpaired) electrons. The summed E-state index contributed by atoms with van der Waals surface area (Å²) in [5.41, 5.74) is 2.97. The maximum Gasteiger partial charge on any atom is 0.269 e. The number of rotatable bonds is 6. The molecule has 41 heavy (non-hydrogen) atoms. The van der Waals surface area contributed by atoms with Gasteiger partial charge in [-0.2, -0.15) is 0 Å². The molecule has 2 amide bonds. The molecule has 5 atom stereocenters. The summed E-state index contributed by atoms with van der Waals surface area (Å²) in [4.78, 5) is 32.3. The van der Waals surface area contributed by atoms with E-state index in [-0.39, 0.29) is 42.5 Å². The van der Waals surface area contributed by atoms with Crippen molar-refractivity contribution in [2.24, 2.45) is 0 Å². The van der Waals surface area contributed by atoms with Gasteiger partial charge < -0.3 is 36.6 Å². The fraction of sp³-hybridized carbons (Fsp3) is 0.483. The number of guanidine groups is 2. The van der Waals surface area contributed by atoms with E-state index < -0.39 is 29.9 Å². The van der Waals surface area contributed by atoms with Gasteiger partial charge in [0.05, 0.1) is 18.1 Å². The second kappa shape index (κ2) is 10.3. The minimum absolute atomic E-state index is 0.00178. The number of pyridine rings is 1. The van der Waals surface area contributed by atoms with Gasteiger partial charge in [-0.1, -0.05) is 32.0 Å². The lowest BCUT2D eigenvalue weighted by molar-refractivity contribution is 0.00612. The van der Waals surface area contributed by atoms with Gasteiger partial charge in [0.2, 0.25) is 0 Å². The second-order valence-corrected chi connectivity index (χ2v) is 11.7. The molecule has 12 heteroatoms. The first-order chi connectivity index (χ1) is 19.7. The zero-order valence-electron chi connectivity index (χ0n) is 23.3. The Morgan fingerprint density at radius 3 is 2.71 bits per heavy atom. The van der Waals surface area contributed by atoms with Crippen LogP contribution in [0.3, 0.4) is 0 Å². The maximum atomic E-state index is 13.5. The molecule has 3 saturated heterocycles. The molecule has 0 bridgehead atoms. The molecule has 1 aromatic carbocycles. The molecule has 12 nitrogen and oxygen atoms in total. The molecular formula is C29H37N9O3. The Labute approximate surface area is 238 Å². The van der Waals surface area contributed by atoms with Gasteiger partial charge in [0.25, 0.3) is 11.8 Å². The van der Waals surface area contributed by atoms with Crippen molar-refractivity contribution in [1.29, 1.82) is 10.8 Å². The summed E-state index contributed by atoms with van der Waals surface area (Å²) in [6.45, 7) is 4.41. The van der Waals surface area contributed by atoms with Crippen molar-refractivity contribution in [1.82, 2.24) is 36.5 Å². The average Bonchev–Trinajstić information content (AvgIpc) is 3.47. The van der Waals surface area contributed by atoms with Gasteiger partial charge in [0.1, 0.15) is 11.8 Å². The zero-order chi connectivity index (χ0) is 28.9. The molecule has 1 spiro atoms. The Morgan fingerprint density at radius 1 is 1.15 bits per heavy atom. The number of aliphatic hydroxyl groups excluding tert-OH is 1. The van der Waals surface area contributed by atoms with Gasteiger partial charge >= 0.3 is 0 Å². The van der Waals surface area contributed by atoms with Gasteiger partial charge in [-0.05, 0) is 60.4 Å². The van der Waals surface area contributed by atoms with Crippen LogP contribution in [0.1, 0.15) is 70.1 Å². The summed E-state index contributed by atoms with van der Waals surface area (Å²) in [5.74, 6) is -0.258. The number of aryl methyl sites for hydroxylation is 1. The van der Waals surface area contributed by atoms with E-state index in [4.69, 9.17) is 10.8 Å². The largest absolute Gasteiger partial charge is 0.386 e. The topological polar surface area (TPSA) is 178 Å². The first-order valence-electron chi connectivity index (χ1n) is 14.3. The van der Waals surface area contributed by atoms with Crippen LogP contribution in [0.15, 0.2) is 36.5 Å². The van der Waals surface area contributed by atoms with Crippen LogP contribution in [0, 0.1) is 10.8 Å². The van der Waals surface area contributed by atoms with Crippen molar-refractivity contribution in [2.45, 2.75) is 75.3 Å². The van der Waals surface area contributed by atoms with Crippen LogP contribution >= 0.6 is 0 Å². The fourth-order valence-electron chi connectivity index (χ4n) is 6.72. The molecular weight excluding hydrogens is 522 g/mol. The summed E-state index contributed by atoms with van der Waals surface area (Å²) < 4.78 is 0. The van der Waals surface area contributed by atoms with Crippen LogP contribution in [-0.2, 0) is 12.8 Å².